The molecule has 0 saturated carbocycles. The molecule has 3 aromatic rings. The summed E-state index contributed by atoms with van der Waals surface area (Å²) in [6.45, 7) is 0.243. The molecular formula is C19H17N5O3. The summed E-state index contributed by atoms with van der Waals surface area (Å²) in [5, 5.41) is 6.99. The Bertz CT molecular complexity index is 971. The lowest BCUT2D eigenvalue weighted by Crippen LogP contribution is -2.40. The zero-order valence-corrected chi connectivity index (χ0v) is 14.4. The molecule has 1 aliphatic heterocycles. The molecule has 8 nitrogen and oxygen atoms in total. The van der Waals surface area contributed by atoms with Crippen molar-refractivity contribution in [2.45, 2.75) is 6.42 Å². The average Bonchev–Trinajstić information content (AvgIpc) is 3.22. The van der Waals surface area contributed by atoms with E-state index >= 15 is 0 Å². The minimum atomic E-state index is -0.215. The number of nitrogens with one attached hydrogen (secondary N) is 1. The van der Waals surface area contributed by atoms with E-state index in [2.05, 4.69) is 15.4 Å². The fourth-order valence-electron chi connectivity index (χ4n) is 2.90. The smallest absolute Gasteiger partial charge is 0.265 e. The van der Waals surface area contributed by atoms with Crippen molar-refractivity contribution in [2.24, 2.45) is 0 Å². The molecular weight excluding hydrogens is 346 g/mol. The van der Waals surface area contributed by atoms with Gasteiger partial charge < -0.3 is 15.0 Å². The van der Waals surface area contributed by atoms with Gasteiger partial charge in [0.25, 0.3) is 5.91 Å². The number of amides is 2. The van der Waals surface area contributed by atoms with Gasteiger partial charge in [-0.1, -0.05) is 12.1 Å². The van der Waals surface area contributed by atoms with Crippen LogP contribution in [0.15, 0.2) is 61.1 Å². The quantitative estimate of drug-likeness (QED) is 0.749. The number of aromatic nitrogens is 3. The first-order valence-corrected chi connectivity index (χ1v) is 8.49. The molecule has 1 N–H and O–H groups in total. The molecule has 2 amide bonds. The number of rotatable bonds is 5. The zero-order chi connectivity index (χ0) is 18.6. The largest absolute Gasteiger partial charge is 0.482 e. The van der Waals surface area contributed by atoms with E-state index < -0.39 is 0 Å². The van der Waals surface area contributed by atoms with Gasteiger partial charge in [0, 0.05) is 31.6 Å². The van der Waals surface area contributed by atoms with Crippen LogP contribution in [0.25, 0.3) is 5.82 Å². The van der Waals surface area contributed by atoms with E-state index in [1.54, 1.807) is 58.5 Å². The summed E-state index contributed by atoms with van der Waals surface area (Å²) in [7, 11) is 0. The van der Waals surface area contributed by atoms with Crippen molar-refractivity contribution >= 4 is 23.2 Å². The van der Waals surface area contributed by atoms with Gasteiger partial charge in [0.2, 0.25) is 5.91 Å². The SMILES string of the molecule is O=C(CCN1C(=O)COc2ccccc21)Nc1cccnc1-n1cccn1. The fourth-order valence-corrected chi connectivity index (χ4v) is 2.90. The molecule has 1 aliphatic rings. The molecule has 0 saturated heterocycles. The van der Waals surface area contributed by atoms with E-state index in [4.69, 9.17) is 4.74 Å². The molecule has 8 heteroatoms. The number of hydrogen-bond donors (Lipinski definition) is 1. The van der Waals surface area contributed by atoms with Gasteiger partial charge in [0.1, 0.15) is 5.75 Å². The lowest BCUT2D eigenvalue weighted by molar-refractivity contribution is -0.121. The molecule has 0 radical (unpaired) electrons. The Morgan fingerprint density at radius 2 is 2.04 bits per heavy atom. The Morgan fingerprint density at radius 1 is 1.15 bits per heavy atom. The molecule has 0 unspecified atom stereocenters. The van der Waals surface area contributed by atoms with Gasteiger partial charge in [-0.05, 0) is 30.3 Å². The van der Waals surface area contributed by atoms with Crippen molar-refractivity contribution in [3.05, 3.63) is 61.1 Å². The number of hydrogen-bond acceptors (Lipinski definition) is 5. The number of fused-ring (bicyclic) bond motifs is 1. The molecule has 27 heavy (non-hydrogen) atoms. The standard InChI is InChI=1S/C19H17N5O3/c25-17(22-14-5-3-9-20-19(14)24-11-4-10-21-24)8-12-23-15-6-1-2-7-16(15)27-13-18(23)26/h1-7,9-11H,8,12-13H2,(H,22,25). The van der Waals surface area contributed by atoms with Gasteiger partial charge >= 0.3 is 0 Å². The minimum absolute atomic E-state index is 0.0231. The first-order chi connectivity index (χ1) is 13.2. The number of nitrogens with zero attached hydrogens (tertiary/aromatic N) is 4. The lowest BCUT2D eigenvalue weighted by Gasteiger charge is -2.29. The normalized spacial score (nSPS) is 13.0. The van der Waals surface area contributed by atoms with Crippen LogP contribution < -0.4 is 15.0 Å². The lowest BCUT2D eigenvalue weighted by atomic mass is 10.2. The summed E-state index contributed by atoms with van der Waals surface area (Å²) in [6, 6.07) is 12.6. The Hall–Kier alpha value is -3.68. The first-order valence-electron chi connectivity index (χ1n) is 8.49. The van der Waals surface area contributed by atoms with Gasteiger partial charge in [0.05, 0.1) is 11.4 Å². The van der Waals surface area contributed by atoms with Crippen LogP contribution in [0.5, 0.6) is 5.75 Å². The number of anilines is 2. The maximum atomic E-state index is 12.5. The molecule has 1 aromatic carbocycles. The van der Waals surface area contributed by atoms with E-state index in [9.17, 15) is 9.59 Å². The highest BCUT2D eigenvalue weighted by Crippen LogP contribution is 2.31. The average molecular weight is 363 g/mol. The van der Waals surface area contributed by atoms with Crippen molar-refractivity contribution in [3.63, 3.8) is 0 Å². The van der Waals surface area contributed by atoms with Gasteiger partial charge in [-0.2, -0.15) is 5.10 Å². The topological polar surface area (TPSA) is 89.4 Å². The van der Waals surface area contributed by atoms with E-state index in [0.717, 1.165) is 0 Å². The molecule has 0 spiro atoms. The second kappa shape index (κ2) is 7.28. The number of benzene rings is 1. The molecule has 0 bridgehead atoms. The number of carbonyl (C=O) groups excluding carboxylic acids is 2. The summed E-state index contributed by atoms with van der Waals surface area (Å²) < 4.78 is 7.00. The Labute approximate surface area is 155 Å². The highest BCUT2D eigenvalue weighted by molar-refractivity contribution is 5.99. The maximum Gasteiger partial charge on any atom is 0.265 e. The van der Waals surface area contributed by atoms with E-state index in [0.29, 0.717) is 22.9 Å². The van der Waals surface area contributed by atoms with Gasteiger partial charge in [-0.25, -0.2) is 9.67 Å². The molecule has 0 aliphatic carbocycles. The predicted octanol–water partition coefficient (Wildman–Crippen LogP) is 2.02. The number of carbonyl (C=O) groups is 2. The van der Waals surface area contributed by atoms with Crippen LogP contribution in [0.2, 0.25) is 0 Å². The molecule has 3 heterocycles. The molecule has 0 atom stereocenters. The number of ether oxygens (including phenoxy) is 1. The van der Waals surface area contributed by atoms with Crippen molar-refractivity contribution in [1.82, 2.24) is 14.8 Å². The van der Waals surface area contributed by atoms with E-state index in [1.807, 2.05) is 12.1 Å². The monoisotopic (exact) mass is 363 g/mol. The van der Waals surface area contributed by atoms with Crippen molar-refractivity contribution in [2.75, 3.05) is 23.4 Å². The van der Waals surface area contributed by atoms with Crippen LogP contribution in [-0.2, 0) is 9.59 Å². The molecule has 0 fully saturated rings. The predicted molar refractivity (Wildman–Crippen MR) is 98.9 cm³/mol. The summed E-state index contributed by atoms with van der Waals surface area (Å²) in [4.78, 5) is 30.5. The van der Waals surface area contributed by atoms with Crippen LogP contribution in [0.3, 0.4) is 0 Å². The summed E-state index contributed by atoms with van der Waals surface area (Å²) in [6.07, 6.45) is 5.17. The van der Waals surface area contributed by atoms with E-state index in [1.165, 1.54) is 0 Å². The Morgan fingerprint density at radius 3 is 2.89 bits per heavy atom. The maximum absolute atomic E-state index is 12.5. The zero-order valence-electron chi connectivity index (χ0n) is 14.4. The second-order valence-electron chi connectivity index (χ2n) is 5.93. The minimum Gasteiger partial charge on any atom is -0.482 e. The summed E-state index contributed by atoms with van der Waals surface area (Å²) >= 11 is 0. The molecule has 2 aromatic heterocycles. The van der Waals surface area contributed by atoms with Crippen molar-refractivity contribution in [3.8, 4) is 11.6 Å². The summed E-state index contributed by atoms with van der Waals surface area (Å²) in [5.41, 5.74) is 1.24. The fraction of sp³-hybridized carbons (Fsp3) is 0.158. The van der Waals surface area contributed by atoms with Gasteiger partial charge in [-0.15, -0.1) is 0 Å². The third-order valence-electron chi connectivity index (χ3n) is 4.15. The third kappa shape index (κ3) is 3.50. The van der Waals surface area contributed by atoms with Crippen LogP contribution in [0.1, 0.15) is 6.42 Å². The highest BCUT2D eigenvalue weighted by Gasteiger charge is 2.25. The van der Waals surface area contributed by atoms with Crippen LogP contribution >= 0.6 is 0 Å². The van der Waals surface area contributed by atoms with Crippen LogP contribution in [0, 0.1) is 0 Å². The third-order valence-corrected chi connectivity index (χ3v) is 4.15. The second-order valence-corrected chi connectivity index (χ2v) is 5.93. The highest BCUT2D eigenvalue weighted by atomic mass is 16.5. The molecule has 4 rings (SSSR count). The van der Waals surface area contributed by atoms with E-state index in [-0.39, 0.29) is 31.4 Å². The Balaban J connectivity index is 1.45. The summed E-state index contributed by atoms with van der Waals surface area (Å²) in [5.74, 6) is 0.794. The van der Waals surface area contributed by atoms with Crippen LogP contribution in [0.4, 0.5) is 11.4 Å². The van der Waals surface area contributed by atoms with Gasteiger partial charge in [0.15, 0.2) is 12.4 Å². The first kappa shape index (κ1) is 16.8. The molecule has 136 valence electrons. The van der Waals surface area contributed by atoms with Crippen molar-refractivity contribution < 1.29 is 14.3 Å². The van der Waals surface area contributed by atoms with Crippen molar-refractivity contribution in [1.29, 1.82) is 0 Å². The number of pyridine rings is 1. The number of para-hydroxylation sites is 2. The van der Waals surface area contributed by atoms with Crippen LogP contribution in [-0.4, -0.2) is 39.7 Å². The van der Waals surface area contributed by atoms with Gasteiger partial charge in [-0.3, -0.25) is 9.59 Å². The Kier molecular flexibility index (Phi) is 4.52.